The fraction of sp³-hybridized carbons (Fsp3) is 0.824. The van der Waals surface area contributed by atoms with Gasteiger partial charge >= 0.3 is 0 Å². The molecule has 1 saturated heterocycles. The number of nitrogens with zero attached hydrogens (tertiary/aromatic N) is 3. The molecule has 2 aliphatic rings. The highest BCUT2D eigenvalue weighted by molar-refractivity contribution is 5.04. The van der Waals surface area contributed by atoms with Gasteiger partial charge in [0.1, 0.15) is 0 Å². The lowest BCUT2D eigenvalue weighted by Crippen LogP contribution is -2.61. The molecule has 1 aromatic rings. The zero-order valence-corrected chi connectivity index (χ0v) is 13.8. The smallest absolute Gasteiger partial charge is 0.0765 e. The Hall–Kier alpha value is -0.870. The van der Waals surface area contributed by atoms with Crippen molar-refractivity contribution >= 4 is 0 Å². The van der Waals surface area contributed by atoms with Crippen molar-refractivity contribution in [3.8, 4) is 0 Å². The molecule has 4 heteroatoms. The average molecular weight is 290 g/mol. The number of aromatic nitrogens is 2. The number of piperazine rings is 1. The van der Waals surface area contributed by atoms with Crippen molar-refractivity contribution in [3.63, 3.8) is 0 Å². The molecule has 2 unspecified atom stereocenters. The normalized spacial score (nSPS) is 31.9. The van der Waals surface area contributed by atoms with Gasteiger partial charge < -0.3 is 5.32 Å². The molecule has 2 heterocycles. The van der Waals surface area contributed by atoms with Gasteiger partial charge in [-0.1, -0.05) is 19.8 Å². The lowest BCUT2D eigenvalue weighted by molar-refractivity contribution is 0.0440. The molecule has 1 saturated carbocycles. The van der Waals surface area contributed by atoms with Crippen LogP contribution in [0.1, 0.15) is 64.6 Å². The summed E-state index contributed by atoms with van der Waals surface area (Å²) >= 11 is 0. The summed E-state index contributed by atoms with van der Waals surface area (Å²) in [5.74, 6) is 0. The Balaban J connectivity index is 1.69. The Morgan fingerprint density at radius 2 is 2.14 bits per heavy atom. The summed E-state index contributed by atoms with van der Waals surface area (Å²) < 4.78 is 2.22. The summed E-state index contributed by atoms with van der Waals surface area (Å²) in [6.07, 6.45) is 8.71. The molecule has 0 spiro atoms. The number of rotatable bonds is 4. The predicted octanol–water partition coefficient (Wildman–Crippen LogP) is 2.96. The summed E-state index contributed by atoms with van der Waals surface area (Å²) in [5, 5.41) is 8.49. The predicted molar refractivity (Wildman–Crippen MR) is 86.3 cm³/mol. The van der Waals surface area contributed by atoms with Crippen LogP contribution in [0.5, 0.6) is 0 Å². The maximum absolute atomic E-state index is 4.87. The topological polar surface area (TPSA) is 33.1 Å². The average Bonchev–Trinajstić information content (AvgIpc) is 3.14. The van der Waals surface area contributed by atoms with E-state index in [1.807, 2.05) is 0 Å². The Bertz CT molecular complexity index is 463. The molecule has 0 amide bonds. The summed E-state index contributed by atoms with van der Waals surface area (Å²) in [4.78, 5) is 2.62. The van der Waals surface area contributed by atoms with Crippen molar-refractivity contribution < 1.29 is 0 Å². The first-order valence-corrected chi connectivity index (χ1v) is 8.63. The van der Waals surface area contributed by atoms with Crippen LogP contribution in [0.3, 0.4) is 0 Å². The minimum Gasteiger partial charge on any atom is -0.311 e. The maximum Gasteiger partial charge on any atom is 0.0765 e. The first-order chi connectivity index (χ1) is 10.1. The Morgan fingerprint density at radius 1 is 1.38 bits per heavy atom. The Kier molecular flexibility index (Phi) is 4.36. The fourth-order valence-corrected chi connectivity index (χ4v) is 3.75. The van der Waals surface area contributed by atoms with E-state index in [9.17, 15) is 0 Å². The van der Waals surface area contributed by atoms with E-state index in [0.717, 1.165) is 19.6 Å². The molecular weight excluding hydrogens is 260 g/mol. The van der Waals surface area contributed by atoms with E-state index in [1.54, 1.807) is 0 Å². The zero-order chi connectivity index (χ0) is 14.9. The van der Waals surface area contributed by atoms with E-state index in [1.165, 1.54) is 37.8 Å². The standard InChI is InChI=1S/C17H30N4/c1-4-17(3)13-18-14(2)11-20(17)12-15-9-10-21(19-15)16-7-5-6-8-16/h9-10,14,16,18H,4-8,11-13H2,1-3H3. The lowest BCUT2D eigenvalue weighted by atomic mass is 9.92. The summed E-state index contributed by atoms with van der Waals surface area (Å²) in [7, 11) is 0. The molecule has 0 aromatic carbocycles. The van der Waals surface area contributed by atoms with Gasteiger partial charge in [-0.25, -0.2) is 0 Å². The van der Waals surface area contributed by atoms with Gasteiger partial charge in [-0.3, -0.25) is 9.58 Å². The number of nitrogens with one attached hydrogen (secondary N) is 1. The van der Waals surface area contributed by atoms with Gasteiger partial charge in [-0.15, -0.1) is 0 Å². The van der Waals surface area contributed by atoms with E-state index in [-0.39, 0.29) is 5.54 Å². The monoisotopic (exact) mass is 290 g/mol. The van der Waals surface area contributed by atoms with Crippen molar-refractivity contribution in [2.45, 2.75) is 77.0 Å². The van der Waals surface area contributed by atoms with Crippen molar-refractivity contribution in [2.75, 3.05) is 13.1 Å². The largest absolute Gasteiger partial charge is 0.311 e. The number of hydrogen-bond donors (Lipinski definition) is 1. The summed E-state index contributed by atoms with van der Waals surface area (Å²) in [6, 6.07) is 3.45. The van der Waals surface area contributed by atoms with Crippen LogP contribution in [0.25, 0.3) is 0 Å². The summed E-state index contributed by atoms with van der Waals surface area (Å²) in [6.45, 7) is 10.1. The molecule has 2 atom stereocenters. The molecular formula is C17H30N4. The molecule has 21 heavy (non-hydrogen) atoms. The van der Waals surface area contributed by atoms with Crippen molar-refractivity contribution in [3.05, 3.63) is 18.0 Å². The first-order valence-electron chi connectivity index (χ1n) is 8.63. The van der Waals surface area contributed by atoms with Crippen LogP contribution in [0.2, 0.25) is 0 Å². The fourth-order valence-electron chi connectivity index (χ4n) is 3.75. The van der Waals surface area contributed by atoms with E-state index < -0.39 is 0 Å². The molecule has 1 N–H and O–H groups in total. The lowest BCUT2D eigenvalue weighted by Gasteiger charge is -2.47. The molecule has 0 radical (unpaired) electrons. The second-order valence-corrected chi connectivity index (χ2v) is 7.24. The molecule has 0 bridgehead atoms. The maximum atomic E-state index is 4.87. The Labute approximate surface area is 128 Å². The molecule has 118 valence electrons. The molecule has 1 aromatic heterocycles. The molecule has 4 nitrogen and oxygen atoms in total. The van der Waals surface area contributed by atoms with Crippen LogP contribution in [-0.2, 0) is 6.54 Å². The first kappa shape index (κ1) is 15.0. The SMILES string of the molecule is CCC1(C)CNC(C)CN1Cc1ccn(C2CCCC2)n1. The molecule has 2 fully saturated rings. The third kappa shape index (κ3) is 3.16. The molecule has 1 aliphatic heterocycles. The van der Waals surface area contributed by atoms with Crippen molar-refractivity contribution in [1.82, 2.24) is 20.0 Å². The van der Waals surface area contributed by atoms with Gasteiger partial charge in [0.2, 0.25) is 0 Å². The van der Waals surface area contributed by atoms with Crippen LogP contribution < -0.4 is 5.32 Å². The minimum atomic E-state index is 0.254. The third-order valence-electron chi connectivity index (χ3n) is 5.57. The van der Waals surface area contributed by atoms with Crippen LogP contribution in [-0.4, -0.2) is 39.4 Å². The van der Waals surface area contributed by atoms with E-state index in [2.05, 4.69) is 47.9 Å². The van der Waals surface area contributed by atoms with Crippen LogP contribution in [0.15, 0.2) is 12.3 Å². The zero-order valence-electron chi connectivity index (χ0n) is 13.8. The van der Waals surface area contributed by atoms with Gasteiger partial charge in [0, 0.05) is 37.4 Å². The molecule has 3 rings (SSSR count). The van der Waals surface area contributed by atoms with Gasteiger partial charge in [0.15, 0.2) is 0 Å². The highest BCUT2D eigenvalue weighted by atomic mass is 15.3. The third-order valence-corrected chi connectivity index (χ3v) is 5.57. The van der Waals surface area contributed by atoms with Gasteiger partial charge in [-0.05, 0) is 39.2 Å². The summed E-state index contributed by atoms with van der Waals surface area (Å²) in [5.41, 5.74) is 1.49. The van der Waals surface area contributed by atoms with Crippen LogP contribution in [0, 0.1) is 0 Å². The van der Waals surface area contributed by atoms with Crippen LogP contribution in [0.4, 0.5) is 0 Å². The van der Waals surface area contributed by atoms with Crippen molar-refractivity contribution in [1.29, 1.82) is 0 Å². The quantitative estimate of drug-likeness (QED) is 0.925. The minimum absolute atomic E-state index is 0.254. The number of hydrogen-bond acceptors (Lipinski definition) is 3. The van der Waals surface area contributed by atoms with Crippen LogP contribution >= 0.6 is 0 Å². The van der Waals surface area contributed by atoms with Gasteiger partial charge in [0.05, 0.1) is 11.7 Å². The second-order valence-electron chi connectivity index (χ2n) is 7.24. The second kappa shape index (κ2) is 6.09. The van der Waals surface area contributed by atoms with E-state index in [0.29, 0.717) is 12.1 Å². The molecule has 1 aliphatic carbocycles. The van der Waals surface area contributed by atoms with E-state index in [4.69, 9.17) is 5.10 Å². The van der Waals surface area contributed by atoms with Gasteiger partial charge in [-0.2, -0.15) is 5.10 Å². The van der Waals surface area contributed by atoms with Crippen molar-refractivity contribution in [2.24, 2.45) is 0 Å². The van der Waals surface area contributed by atoms with Gasteiger partial charge in [0.25, 0.3) is 0 Å². The highest BCUT2D eigenvalue weighted by Gasteiger charge is 2.35. The van der Waals surface area contributed by atoms with E-state index >= 15 is 0 Å². The Morgan fingerprint density at radius 3 is 2.86 bits per heavy atom. The highest BCUT2D eigenvalue weighted by Crippen LogP contribution is 2.29.